The molecule has 12 heavy (non-hydrogen) atoms. The van der Waals surface area contributed by atoms with E-state index in [1.54, 1.807) is 9.44 Å². The fraction of sp³-hybridized carbons (Fsp3) is 0. The summed E-state index contributed by atoms with van der Waals surface area (Å²) in [6, 6.07) is 0. The Bertz CT molecular complexity index is 131. The summed E-state index contributed by atoms with van der Waals surface area (Å²) in [5.41, 5.74) is 0. The zero-order valence-electron chi connectivity index (χ0n) is 6.45. The standard InChI is InChI=1S/C2H4N2O4S2.2Na/c5-1(6)3-9-10-4-2(7)8;;/h3-4H,(H,5,6)(H,7,8);;/q;2*+1/p-2. The Morgan fingerprint density at radius 1 is 0.917 bits per heavy atom. The third-order valence-electron chi connectivity index (χ3n) is 0.292. The monoisotopic (exact) mass is 228 g/mol. The maximum absolute atomic E-state index is 9.60. The van der Waals surface area contributed by atoms with Crippen molar-refractivity contribution in [2.75, 3.05) is 0 Å². The zero-order valence-corrected chi connectivity index (χ0v) is 12.1. The summed E-state index contributed by atoms with van der Waals surface area (Å²) in [6.07, 6.45) is -2.98. The van der Waals surface area contributed by atoms with Crippen molar-refractivity contribution in [3.05, 3.63) is 0 Å². The van der Waals surface area contributed by atoms with E-state index in [0.29, 0.717) is 22.0 Å². The number of hydrogen-bond donors (Lipinski definition) is 2. The molecule has 6 nitrogen and oxygen atoms in total. The van der Waals surface area contributed by atoms with E-state index < -0.39 is 12.2 Å². The second kappa shape index (κ2) is 12.2. The molecule has 0 radical (unpaired) electrons. The normalized spacial score (nSPS) is 7.00. The third kappa shape index (κ3) is 17.4. The van der Waals surface area contributed by atoms with Crippen LogP contribution < -0.4 is 78.8 Å². The third-order valence-corrected chi connectivity index (χ3v) is 1.62. The van der Waals surface area contributed by atoms with Gasteiger partial charge in [-0.25, -0.2) is 0 Å². The first-order valence-corrected chi connectivity index (χ1v) is 4.04. The minimum atomic E-state index is -1.49. The maximum atomic E-state index is 9.60. The predicted octanol–water partition coefficient (Wildman–Crippen LogP) is -7.93. The van der Waals surface area contributed by atoms with Gasteiger partial charge in [-0.15, -0.1) is 0 Å². The number of carbonyl (C=O) groups is 2. The van der Waals surface area contributed by atoms with Gasteiger partial charge in [0.2, 0.25) is 0 Å². The average Bonchev–Trinajstić information content (AvgIpc) is 1.79. The molecule has 0 aromatic heterocycles. The van der Waals surface area contributed by atoms with Crippen molar-refractivity contribution in [2.45, 2.75) is 0 Å². The van der Waals surface area contributed by atoms with Gasteiger partial charge in [-0.05, 0) is 0 Å². The number of hydrogen-bond acceptors (Lipinski definition) is 6. The second-order valence-corrected chi connectivity index (χ2v) is 2.69. The molecule has 0 aliphatic heterocycles. The molecular formula is C2H2N2Na2O4S2. The smallest absolute Gasteiger partial charge is 0.529 e. The van der Waals surface area contributed by atoms with Crippen LogP contribution in [0.3, 0.4) is 0 Å². The van der Waals surface area contributed by atoms with Crippen LogP contribution in [0.15, 0.2) is 0 Å². The number of nitrogens with one attached hydrogen (secondary N) is 2. The van der Waals surface area contributed by atoms with E-state index in [1.165, 1.54) is 0 Å². The molecule has 0 aliphatic rings. The van der Waals surface area contributed by atoms with Gasteiger partial charge >= 0.3 is 59.1 Å². The molecular weight excluding hydrogens is 226 g/mol. The zero-order chi connectivity index (χ0) is 7.98. The minimum absolute atomic E-state index is 0. The van der Waals surface area contributed by atoms with Crippen LogP contribution in [0, 0.1) is 0 Å². The van der Waals surface area contributed by atoms with Crippen LogP contribution >= 0.6 is 22.0 Å². The quantitative estimate of drug-likeness (QED) is 0.215. The van der Waals surface area contributed by atoms with Crippen LogP contribution in [0.5, 0.6) is 0 Å². The topological polar surface area (TPSA) is 104 Å². The Morgan fingerprint density at radius 2 is 1.17 bits per heavy atom. The van der Waals surface area contributed by atoms with Crippen LogP contribution in [0.4, 0.5) is 9.59 Å². The SMILES string of the molecule is O=C([O-])NSSNC(=O)[O-].[Na+].[Na+]. The Hall–Kier alpha value is 1.24. The van der Waals surface area contributed by atoms with Gasteiger partial charge < -0.3 is 29.2 Å². The molecule has 0 atom stereocenters. The van der Waals surface area contributed by atoms with Gasteiger partial charge in [0.05, 0.1) is 0 Å². The first kappa shape index (κ1) is 18.9. The van der Waals surface area contributed by atoms with Gasteiger partial charge in [0.25, 0.3) is 0 Å². The van der Waals surface area contributed by atoms with E-state index in [9.17, 15) is 19.8 Å². The van der Waals surface area contributed by atoms with Crippen LogP contribution in [0.25, 0.3) is 0 Å². The fourth-order valence-electron chi connectivity index (χ4n) is 0.110. The molecule has 2 N–H and O–H groups in total. The Morgan fingerprint density at radius 3 is 1.33 bits per heavy atom. The molecule has 58 valence electrons. The fourth-order valence-corrected chi connectivity index (χ4v) is 0.987. The van der Waals surface area contributed by atoms with Gasteiger partial charge in [-0.1, -0.05) is 0 Å². The number of carboxylic acid groups (broad SMARTS) is 2. The summed E-state index contributed by atoms with van der Waals surface area (Å²) in [5, 5.41) is 19.2. The van der Waals surface area contributed by atoms with E-state index in [0.717, 1.165) is 0 Å². The molecule has 0 aromatic rings. The largest absolute Gasteiger partial charge is 1.00 e. The van der Waals surface area contributed by atoms with E-state index in [-0.39, 0.29) is 59.1 Å². The maximum Gasteiger partial charge on any atom is 1.00 e. The van der Waals surface area contributed by atoms with Crippen molar-refractivity contribution < 1.29 is 78.9 Å². The van der Waals surface area contributed by atoms with Gasteiger partial charge in [0.1, 0.15) is 12.2 Å². The summed E-state index contributed by atoms with van der Waals surface area (Å²) in [6.45, 7) is 0. The first-order chi connectivity index (χ1) is 4.63. The van der Waals surface area contributed by atoms with Crippen molar-refractivity contribution in [1.29, 1.82) is 0 Å². The average molecular weight is 228 g/mol. The Kier molecular flexibility index (Phi) is 19.3. The minimum Gasteiger partial charge on any atom is -0.529 e. The molecule has 0 fully saturated rings. The summed E-state index contributed by atoms with van der Waals surface area (Å²) < 4.78 is 3.46. The van der Waals surface area contributed by atoms with E-state index >= 15 is 0 Å². The van der Waals surface area contributed by atoms with Crippen LogP contribution in [-0.2, 0) is 0 Å². The molecule has 0 aliphatic carbocycles. The van der Waals surface area contributed by atoms with Crippen molar-refractivity contribution in [1.82, 2.24) is 9.44 Å². The van der Waals surface area contributed by atoms with E-state index in [4.69, 9.17) is 0 Å². The van der Waals surface area contributed by atoms with Crippen molar-refractivity contribution in [3.8, 4) is 0 Å². The molecule has 0 aromatic carbocycles. The molecule has 2 amide bonds. The van der Waals surface area contributed by atoms with Crippen molar-refractivity contribution >= 4 is 34.1 Å². The Labute approximate surface area is 121 Å². The molecule has 10 heteroatoms. The predicted molar refractivity (Wildman–Crippen MR) is 32.2 cm³/mol. The molecule has 0 saturated carbocycles. The van der Waals surface area contributed by atoms with E-state index in [1.807, 2.05) is 0 Å². The molecule has 0 saturated heterocycles. The molecule has 0 unspecified atom stereocenters. The summed E-state index contributed by atoms with van der Waals surface area (Å²) in [4.78, 5) is 19.2. The van der Waals surface area contributed by atoms with Crippen molar-refractivity contribution in [3.63, 3.8) is 0 Å². The van der Waals surface area contributed by atoms with E-state index in [2.05, 4.69) is 0 Å². The number of rotatable bonds is 3. The van der Waals surface area contributed by atoms with Crippen molar-refractivity contribution in [2.24, 2.45) is 0 Å². The van der Waals surface area contributed by atoms with Crippen LogP contribution in [0.2, 0.25) is 0 Å². The van der Waals surface area contributed by atoms with Gasteiger partial charge in [-0.3, -0.25) is 0 Å². The summed E-state index contributed by atoms with van der Waals surface area (Å²) in [7, 11) is 1.12. The molecule has 0 rings (SSSR count). The van der Waals surface area contributed by atoms with Crippen LogP contribution in [0.1, 0.15) is 0 Å². The number of amides is 2. The van der Waals surface area contributed by atoms with Gasteiger partial charge in [-0.2, -0.15) is 0 Å². The van der Waals surface area contributed by atoms with Gasteiger partial charge in [0.15, 0.2) is 0 Å². The summed E-state index contributed by atoms with van der Waals surface area (Å²) in [5.74, 6) is 0. The number of carbonyl (C=O) groups excluding carboxylic acids is 2. The summed E-state index contributed by atoms with van der Waals surface area (Å²) >= 11 is 0. The second-order valence-electron chi connectivity index (χ2n) is 0.946. The van der Waals surface area contributed by atoms with Gasteiger partial charge in [0, 0.05) is 22.0 Å². The van der Waals surface area contributed by atoms with Crippen LogP contribution in [-0.4, -0.2) is 12.2 Å². The first-order valence-electron chi connectivity index (χ1n) is 1.89. The molecule has 0 spiro atoms. The molecule has 0 bridgehead atoms. The molecule has 0 heterocycles. The Balaban J connectivity index is -0.000000405.